The second-order valence-corrected chi connectivity index (χ2v) is 6.10. The van der Waals surface area contributed by atoms with Crippen molar-refractivity contribution in [1.82, 2.24) is 14.9 Å². The quantitative estimate of drug-likeness (QED) is 0.791. The van der Waals surface area contributed by atoms with E-state index in [-0.39, 0.29) is 6.09 Å². The fourth-order valence-electron chi connectivity index (χ4n) is 1.99. The van der Waals surface area contributed by atoms with Crippen molar-refractivity contribution in [2.24, 2.45) is 0 Å². The summed E-state index contributed by atoms with van der Waals surface area (Å²) in [5.41, 5.74) is 2.32. The molecule has 0 N–H and O–H groups in total. The number of allylic oxidation sites excluding steroid dienone is 1. The van der Waals surface area contributed by atoms with Crippen LogP contribution in [-0.4, -0.2) is 33.1 Å². The molecule has 1 aliphatic heterocycles. The van der Waals surface area contributed by atoms with Gasteiger partial charge >= 0.3 is 6.09 Å². The Kier molecular flexibility index (Phi) is 3.79. The van der Waals surface area contributed by atoms with Crippen LogP contribution in [0, 0.1) is 0 Å². The molecule has 0 saturated heterocycles. The van der Waals surface area contributed by atoms with Gasteiger partial charge in [-0.05, 0) is 45.3 Å². The third kappa shape index (κ3) is 3.35. The lowest BCUT2D eigenvalue weighted by Gasteiger charge is -2.30. The van der Waals surface area contributed by atoms with Gasteiger partial charge in [-0.3, -0.25) is 0 Å². The molecule has 0 aliphatic carbocycles. The van der Waals surface area contributed by atoms with E-state index in [4.69, 9.17) is 4.74 Å². The van der Waals surface area contributed by atoms with Gasteiger partial charge < -0.3 is 9.64 Å². The smallest absolute Gasteiger partial charge is 0.410 e. The Bertz CT molecular complexity index is 547. The number of fused-ring (bicyclic) bond motifs is 1. The van der Waals surface area contributed by atoms with E-state index in [1.54, 1.807) is 4.90 Å². The van der Waals surface area contributed by atoms with Crippen LogP contribution in [-0.2, 0) is 17.7 Å². The summed E-state index contributed by atoms with van der Waals surface area (Å²) in [4.78, 5) is 22.5. The van der Waals surface area contributed by atoms with Crippen LogP contribution in [0.4, 0.5) is 4.79 Å². The van der Waals surface area contributed by atoms with Crippen molar-refractivity contribution in [2.75, 3.05) is 6.54 Å². The Morgan fingerprint density at radius 3 is 2.75 bits per heavy atom. The molecule has 1 aromatic rings. The second kappa shape index (κ2) is 5.23. The summed E-state index contributed by atoms with van der Waals surface area (Å²) in [5.74, 6) is 0.634. The van der Waals surface area contributed by atoms with Crippen molar-refractivity contribution in [2.45, 2.75) is 46.3 Å². The van der Waals surface area contributed by atoms with E-state index in [2.05, 4.69) is 16.5 Å². The van der Waals surface area contributed by atoms with Crippen LogP contribution < -0.4 is 0 Å². The molecular formula is C15H21N3O2. The van der Waals surface area contributed by atoms with Gasteiger partial charge in [0, 0.05) is 12.7 Å². The van der Waals surface area contributed by atoms with Gasteiger partial charge in [-0.25, -0.2) is 14.8 Å². The first-order valence-corrected chi connectivity index (χ1v) is 6.75. The molecule has 5 nitrogen and oxygen atoms in total. The number of aromatic nitrogens is 2. The Morgan fingerprint density at radius 2 is 2.15 bits per heavy atom. The van der Waals surface area contributed by atoms with Crippen molar-refractivity contribution in [3.63, 3.8) is 0 Å². The largest absolute Gasteiger partial charge is 0.444 e. The predicted molar refractivity (Wildman–Crippen MR) is 77.1 cm³/mol. The van der Waals surface area contributed by atoms with Gasteiger partial charge in [0.2, 0.25) is 0 Å². The van der Waals surface area contributed by atoms with Crippen LogP contribution in [0.3, 0.4) is 0 Å². The van der Waals surface area contributed by atoms with Crippen molar-refractivity contribution in [3.05, 3.63) is 29.9 Å². The molecule has 108 valence electrons. The minimum absolute atomic E-state index is 0.293. The zero-order valence-electron chi connectivity index (χ0n) is 12.6. The third-order valence-corrected chi connectivity index (χ3v) is 2.98. The summed E-state index contributed by atoms with van der Waals surface area (Å²) in [6.07, 6.45) is 2.29. The van der Waals surface area contributed by atoms with Crippen molar-refractivity contribution < 1.29 is 9.53 Å². The SMILES string of the molecule is C=C(C)c1ncc2c(n1)CN(C(=O)OC(C)(C)C)CC2. The molecule has 2 heterocycles. The van der Waals surface area contributed by atoms with E-state index in [9.17, 15) is 4.79 Å². The lowest BCUT2D eigenvalue weighted by Crippen LogP contribution is -2.40. The van der Waals surface area contributed by atoms with E-state index in [0.717, 1.165) is 23.3 Å². The van der Waals surface area contributed by atoms with E-state index in [1.807, 2.05) is 33.9 Å². The van der Waals surface area contributed by atoms with Gasteiger partial charge in [-0.1, -0.05) is 6.58 Å². The standard InChI is InChI=1S/C15H21N3O2/c1-10(2)13-16-8-11-6-7-18(9-12(11)17-13)14(19)20-15(3,4)5/h8H,1,6-7,9H2,2-5H3. The lowest BCUT2D eigenvalue weighted by molar-refractivity contribution is 0.0220. The number of amides is 1. The molecular weight excluding hydrogens is 254 g/mol. The average Bonchev–Trinajstić information content (AvgIpc) is 2.35. The summed E-state index contributed by atoms with van der Waals surface area (Å²) in [5, 5.41) is 0. The lowest BCUT2D eigenvalue weighted by atomic mass is 10.1. The minimum Gasteiger partial charge on any atom is -0.444 e. The van der Waals surface area contributed by atoms with Crippen LogP contribution >= 0.6 is 0 Å². The Labute approximate surface area is 119 Å². The first-order valence-electron chi connectivity index (χ1n) is 6.75. The second-order valence-electron chi connectivity index (χ2n) is 6.10. The molecule has 1 aromatic heterocycles. The fraction of sp³-hybridized carbons (Fsp3) is 0.533. The molecule has 5 heteroatoms. The zero-order chi connectivity index (χ0) is 14.9. The first kappa shape index (κ1) is 14.5. The predicted octanol–water partition coefficient (Wildman–Crippen LogP) is 2.80. The third-order valence-electron chi connectivity index (χ3n) is 2.98. The van der Waals surface area contributed by atoms with Crippen molar-refractivity contribution >= 4 is 11.7 Å². The maximum atomic E-state index is 12.1. The summed E-state index contributed by atoms with van der Waals surface area (Å²) < 4.78 is 5.40. The first-order chi connectivity index (χ1) is 9.26. The Hall–Kier alpha value is -1.91. The van der Waals surface area contributed by atoms with E-state index < -0.39 is 5.60 Å². The molecule has 0 spiro atoms. The van der Waals surface area contributed by atoms with Crippen LogP contribution in [0.25, 0.3) is 5.57 Å². The Morgan fingerprint density at radius 1 is 1.45 bits per heavy atom. The number of carbonyl (C=O) groups is 1. The van der Waals surface area contributed by atoms with Crippen molar-refractivity contribution in [3.8, 4) is 0 Å². The number of ether oxygens (including phenoxy) is 1. The highest BCUT2D eigenvalue weighted by Crippen LogP contribution is 2.20. The molecule has 0 atom stereocenters. The van der Waals surface area contributed by atoms with Gasteiger partial charge in [0.1, 0.15) is 5.60 Å². The van der Waals surface area contributed by atoms with Gasteiger partial charge in [0.15, 0.2) is 5.82 Å². The molecule has 1 aliphatic rings. The van der Waals surface area contributed by atoms with Crippen LogP contribution in [0.2, 0.25) is 0 Å². The van der Waals surface area contributed by atoms with E-state index in [1.165, 1.54) is 0 Å². The summed E-state index contributed by atoms with van der Waals surface area (Å²) in [7, 11) is 0. The molecule has 0 bridgehead atoms. The number of hydrogen-bond acceptors (Lipinski definition) is 4. The van der Waals surface area contributed by atoms with Crippen LogP contribution in [0.1, 0.15) is 44.8 Å². The molecule has 0 radical (unpaired) electrons. The van der Waals surface area contributed by atoms with Crippen LogP contribution in [0.15, 0.2) is 12.8 Å². The molecule has 1 amide bonds. The maximum absolute atomic E-state index is 12.1. The number of carbonyl (C=O) groups excluding carboxylic acids is 1. The molecule has 0 aromatic carbocycles. The molecule has 2 rings (SSSR count). The van der Waals surface area contributed by atoms with Crippen molar-refractivity contribution in [1.29, 1.82) is 0 Å². The highest BCUT2D eigenvalue weighted by Gasteiger charge is 2.26. The molecule has 0 unspecified atom stereocenters. The highest BCUT2D eigenvalue weighted by atomic mass is 16.6. The van der Waals surface area contributed by atoms with Gasteiger partial charge in [0.05, 0.1) is 12.2 Å². The monoisotopic (exact) mass is 275 g/mol. The average molecular weight is 275 g/mol. The highest BCUT2D eigenvalue weighted by molar-refractivity contribution is 5.68. The summed E-state index contributed by atoms with van der Waals surface area (Å²) in [6, 6.07) is 0. The number of nitrogens with zero attached hydrogens (tertiary/aromatic N) is 3. The molecule has 0 saturated carbocycles. The Balaban J connectivity index is 2.15. The van der Waals surface area contributed by atoms with Gasteiger partial charge in [-0.2, -0.15) is 0 Å². The van der Waals surface area contributed by atoms with Gasteiger partial charge in [-0.15, -0.1) is 0 Å². The topological polar surface area (TPSA) is 55.3 Å². The molecule has 0 fully saturated rings. The normalized spacial score (nSPS) is 14.7. The van der Waals surface area contributed by atoms with E-state index >= 15 is 0 Å². The molecule has 20 heavy (non-hydrogen) atoms. The fourth-order valence-corrected chi connectivity index (χ4v) is 1.99. The number of rotatable bonds is 1. The van der Waals surface area contributed by atoms with Gasteiger partial charge in [0.25, 0.3) is 0 Å². The summed E-state index contributed by atoms with van der Waals surface area (Å²) in [6.45, 7) is 12.4. The summed E-state index contributed by atoms with van der Waals surface area (Å²) >= 11 is 0. The maximum Gasteiger partial charge on any atom is 0.410 e. The van der Waals surface area contributed by atoms with E-state index in [0.29, 0.717) is 18.9 Å². The minimum atomic E-state index is -0.480. The number of hydrogen-bond donors (Lipinski definition) is 0. The van der Waals surface area contributed by atoms with Crippen LogP contribution in [0.5, 0.6) is 0 Å². The zero-order valence-corrected chi connectivity index (χ0v) is 12.6.